The molecule has 0 bridgehead atoms. The lowest BCUT2D eigenvalue weighted by atomic mass is 9.99. The van der Waals surface area contributed by atoms with Crippen LogP contribution in [0.3, 0.4) is 0 Å². The van der Waals surface area contributed by atoms with E-state index in [1.807, 2.05) is 19.1 Å². The smallest absolute Gasteiger partial charge is 0.248 e. The molecule has 0 aromatic carbocycles. The normalized spacial score (nSPS) is 24.4. The van der Waals surface area contributed by atoms with E-state index >= 15 is 0 Å². The Hall–Kier alpha value is -1.46. The number of anilines is 1. The third kappa shape index (κ3) is 2.05. The van der Waals surface area contributed by atoms with Gasteiger partial charge in [-0.1, -0.05) is 6.07 Å². The molecule has 0 saturated carbocycles. The van der Waals surface area contributed by atoms with Crippen molar-refractivity contribution in [1.29, 1.82) is 0 Å². The molecule has 1 saturated heterocycles. The molecule has 1 unspecified atom stereocenters. The molecule has 0 radical (unpaired) electrons. The van der Waals surface area contributed by atoms with Gasteiger partial charge in [0, 0.05) is 12.8 Å². The van der Waals surface area contributed by atoms with Crippen LogP contribution < -0.4 is 11.1 Å². The number of carbonyl (C=O) groups is 1. The summed E-state index contributed by atoms with van der Waals surface area (Å²) in [6.45, 7) is 2.69. The molecule has 3 N–H and O–H groups in total. The zero-order valence-electron chi connectivity index (χ0n) is 9.19. The number of hydrogen-bond donors (Lipinski definition) is 2. The van der Waals surface area contributed by atoms with Gasteiger partial charge in [-0.3, -0.25) is 4.79 Å². The minimum atomic E-state index is -0.913. The van der Waals surface area contributed by atoms with E-state index < -0.39 is 5.54 Å². The maximum absolute atomic E-state index is 11.9. The Morgan fingerprint density at radius 1 is 1.69 bits per heavy atom. The number of ether oxygens (including phenoxy) is 1. The first-order chi connectivity index (χ1) is 7.62. The summed E-state index contributed by atoms with van der Waals surface area (Å²) in [6, 6.07) is 3.71. The number of carbonyl (C=O) groups excluding carboxylic acids is 1. The summed E-state index contributed by atoms with van der Waals surface area (Å²) in [5.74, 6) is 0.330. The first kappa shape index (κ1) is 11.0. The number of aromatic nitrogens is 1. The number of aryl methyl sites for hydroxylation is 1. The van der Waals surface area contributed by atoms with E-state index in [-0.39, 0.29) is 12.5 Å². The Bertz CT molecular complexity index is 400. The van der Waals surface area contributed by atoms with Crippen LogP contribution in [-0.2, 0) is 9.53 Å². The fourth-order valence-electron chi connectivity index (χ4n) is 1.61. The predicted octanol–water partition coefficient (Wildman–Crippen LogP) is 0.446. The van der Waals surface area contributed by atoms with Gasteiger partial charge in [-0.15, -0.1) is 0 Å². The van der Waals surface area contributed by atoms with E-state index in [1.165, 1.54) is 0 Å². The fourth-order valence-corrected chi connectivity index (χ4v) is 1.61. The lowest BCUT2D eigenvalue weighted by Gasteiger charge is -2.20. The number of nitrogens with two attached hydrogens (primary N) is 1. The molecule has 5 nitrogen and oxygen atoms in total. The van der Waals surface area contributed by atoms with Gasteiger partial charge >= 0.3 is 0 Å². The van der Waals surface area contributed by atoms with E-state index in [4.69, 9.17) is 10.5 Å². The van der Waals surface area contributed by atoms with Gasteiger partial charge in [0.05, 0.1) is 6.61 Å². The Labute approximate surface area is 94.0 Å². The highest BCUT2D eigenvalue weighted by Crippen LogP contribution is 2.18. The quantitative estimate of drug-likeness (QED) is 0.760. The summed E-state index contributed by atoms with van der Waals surface area (Å²) in [6.07, 6.45) is 2.18. The molecule has 2 rings (SSSR count). The Morgan fingerprint density at radius 3 is 3.12 bits per heavy atom. The molecule has 0 aliphatic carbocycles. The molecular weight excluding hydrogens is 206 g/mol. The van der Waals surface area contributed by atoms with Crippen molar-refractivity contribution < 1.29 is 9.53 Å². The third-order valence-corrected chi connectivity index (χ3v) is 2.75. The van der Waals surface area contributed by atoms with Crippen molar-refractivity contribution in [2.75, 3.05) is 18.5 Å². The second-order valence-corrected chi connectivity index (χ2v) is 4.08. The van der Waals surface area contributed by atoms with Crippen molar-refractivity contribution in [2.45, 2.75) is 18.9 Å². The molecule has 86 valence electrons. The lowest BCUT2D eigenvalue weighted by molar-refractivity contribution is -0.121. The topological polar surface area (TPSA) is 77.2 Å². The van der Waals surface area contributed by atoms with Crippen LogP contribution in [0.25, 0.3) is 0 Å². The zero-order chi connectivity index (χ0) is 11.6. The van der Waals surface area contributed by atoms with Gasteiger partial charge in [0.15, 0.2) is 0 Å². The first-order valence-corrected chi connectivity index (χ1v) is 5.21. The molecule has 1 fully saturated rings. The van der Waals surface area contributed by atoms with Gasteiger partial charge in [0.25, 0.3) is 0 Å². The van der Waals surface area contributed by atoms with E-state index in [0.717, 1.165) is 5.56 Å². The zero-order valence-corrected chi connectivity index (χ0v) is 9.19. The van der Waals surface area contributed by atoms with Crippen LogP contribution in [0.1, 0.15) is 12.0 Å². The van der Waals surface area contributed by atoms with Gasteiger partial charge in [-0.05, 0) is 25.0 Å². The van der Waals surface area contributed by atoms with Crippen molar-refractivity contribution in [3.63, 3.8) is 0 Å². The number of pyridine rings is 1. The summed E-state index contributed by atoms with van der Waals surface area (Å²) in [5, 5.41) is 2.74. The van der Waals surface area contributed by atoms with Crippen molar-refractivity contribution in [3.05, 3.63) is 23.9 Å². The van der Waals surface area contributed by atoms with Crippen molar-refractivity contribution in [3.8, 4) is 0 Å². The number of nitrogens with one attached hydrogen (secondary N) is 1. The monoisotopic (exact) mass is 221 g/mol. The Kier molecular flexibility index (Phi) is 2.89. The second-order valence-electron chi connectivity index (χ2n) is 4.08. The van der Waals surface area contributed by atoms with Gasteiger partial charge in [-0.25, -0.2) is 4.98 Å². The minimum absolute atomic E-state index is 0.230. The van der Waals surface area contributed by atoms with Crippen molar-refractivity contribution in [2.24, 2.45) is 5.73 Å². The molecule has 1 amide bonds. The van der Waals surface area contributed by atoms with Crippen molar-refractivity contribution >= 4 is 11.7 Å². The standard InChI is InChI=1S/C11H15N3O2/c1-8-3-2-5-13-9(8)14-10(15)11(12)4-6-16-7-11/h2-3,5H,4,6-7,12H2,1H3,(H,13,14,15). The number of hydrogen-bond acceptors (Lipinski definition) is 4. The van der Waals surface area contributed by atoms with E-state index in [1.54, 1.807) is 6.20 Å². The van der Waals surface area contributed by atoms with E-state index in [0.29, 0.717) is 18.8 Å². The number of nitrogens with zero attached hydrogens (tertiary/aromatic N) is 1. The maximum Gasteiger partial charge on any atom is 0.248 e. The largest absolute Gasteiger partial charge is 0.379 e. The maximum atomic E-state index is 11.9. The van der Waals surface area contributed by atoms with Crippen LogP contribution in [0.15, 0.2) is 18.3 Å². The SMILES string of the molecule is Cc1cccnc1NC(=O)C1(N)CCOC1. The Balaban J connectivity index is 2.10. The highest BCUT2D eigenvalue weighted by Gasteiger charge is 2.38. The van der Waals surface area contributed by atoms with Crippen LogP contribution in [0.5, 0.6) is 0 Å². The summed E-state index contributed by atoms with van der Waals surface area (Å²) >= 11 is 0. The molecule has 0 spiro atoms. The lowest BCUT2D eigenvalue weighted by Crippen LogP contribution is -2.51. The summed E-state index contributed by atoms with van der Waals surface area (Å²) < 4.78 is 5.14. The molecule has 1 aromatic rings. The van der Waals surface area contributed by atoms with Crippen LogP contribution in [0.4, 0.5) is 5.82 Å². The summed E-state index contributed by atoms with van der Waals surface area (Å²) in [5.41, 5.74) is 5.94. The third-order valence-electron chi connectivity index (χ3n) is 2.75. The van der Waals surface area contributed by atoms with E-state index in [9.17, 15) is 4.79 Å². The summed E-state index contributed by atoms with van der Waals surface area (Å²) in [7, 11) is 0. The molecule has 1 atom stereocenters. The minimum Gasteiger partial charge on any atom is -0.379 e. The highest BCUT2D eigenvalue weighted by molar-refractivity contribution is 5.98. The van der Waals surface area contributed by atoms with Gasteiger partial charge in [-0.2, -0.15) is 0 Å². The molecule has 1 aromatic heterocycles. The number of rotatable bonds is 2. The molecule has 1 aliphatic heterocycles. The van der Waals surface area contributed by atoms with Crippen LogP contribution in [0.2, 0.25) is 0 Å². The van der Waals surface area contributed by atoms with E-state index in [2.05, 4.69) is 10.3 Å². The number of amides is 1. The molecular formula is C11H15N3O2. The second kappa shape index (κ2) is 4.19. The average molecular weight is 221 g/mol. The predicted molar refractivity (Wildman–Crippen MR) is 60.0 cm³/mol. The molecule has 16 heavy (non-hydrogen) atoms. The highest BCUT2D eigenvalue weighted by atomic mass is 16.5. The molecule has 2 heterocycles. The Morgan fingerprint density at radius 2 is 2.50 bits per heavy atom. The van der Waals surface area contributed by atoms with Crippen LogP contribution >= 0.6 is 0 Å². The van der Waals surface area contributed by atoms with Gasteiger partial charge in [0.1, 0.15) is 11.4 Å². The van der Waals surface area contributed by atoms with Crippen molar-refractivity contribution in [1.82, 2.24) is 4.98 Å². The van der Waals surface area contributed by atoms with Gasteiger partial charge in [0.2, 0.25) is 5.91 Å². The molecule has 5 heteroatoms. The van der Waals surface area contributed by atoms with Crippen LogP contribution in [-0.4, -0.2) is 29.6 Å². The van der Waals surface area contributed by atoms with Gasteiger partial charge < -0.3 is 15.8 Å². The average Bonchev–Trinajstić information content (AvgIpc) is 2.70. The summed E-state index contributed by atoms with van der Waals surface area (Å²) in [4.78, 5) is 16.0. The molecule has 1 aliphatic rings. The first-order valence-electron chi connectivity index (χ1n) is 5.21. The van der Waals surface area contributed by atoms with Crippen LogP contribution in [0, 0.1) is 6.92 Å². The fraction of sp³-hybridized carbons (Fsp3) is 0.455.